The topological polar surface area (TPSA) is 76.9 Å². The number of benzene rings is 1. The summed E-state index contributed by atoms with van der Waals surface area (Å²) in [7, 11) is -3.33. The lowest BCUT2D eigenvalue weighted by atomic mass is 10.3. The van der Waals surface area contributed by atoms with Gasteiger partial charge < -0.3 is 0 Å². The van der Waals surface area contributed by atoms with E-state index < -0.39 is 10.0 Å². The minimum Gasteiger partial charge on any atom is -0.250 e. The van der Waals surface area contributed by atoms with E-state index in [0.717, 1.165) is 11.9 Å². The lowest BCUT2D eigenvalue weighted by Crippen LogP contribution is -2.11. The van der Waals surface area contributed by atoms with Crippen molar-refractivity contribution < 1.29 is 8.42 Å². The first-order chi connectivity index (χ1) is 7.54. The summed E-state index contributed by atoms with van der Waals surface area (Å²) >= 11 is 0. The fraction of sp³-hybridized carbons (Fsp3) is 0.111. The van der Waals surface area contributed by atoms with E-state index in [9.17, 15) is 8.42 Å². The van der Waals surface area contributed by atoms with Crippen LogP contribution in [0.2, 0.25) is 0 Å². The van der Waals surface area contributed by atoms with Crippen LogP contribution in [-0.2, 0) is 10.0 Å². The number of hydrogen-bond acceptors (Lipinski definition) is 4. The molecule has 0 atom stereocenters. The maximum Gasteiger partial charge on any atom is 0.256 e. The van der Waals surface area contributed by atoms with Crippen LogP contribution in [0.4, 0.5) is 5.95 Å². The van der Waals surface area contributed by atoms with Gasteiger partial charge in [-0.25, -0.2) is 13.1 Å². The van der Waals surface area contributed by atoms with Crippen LogP contribution in [0.25, 0.3) is 5.69 Å². The zero-order valence-electron chi connectivity index (χ0n) is 8.53. The first-order valence-electron chi connectivity index (χ1n) is 4.49. The number of nitrogens with zero attached hydrogens (tertiary/aromatic N) is 3. The second-order valence-corrected chi connectivity index (χ2v) is 4.97. The Bertz CT molecular complexity index is 577. The van der Waals surface area contributed by atoms with Crippen LogP contribution in [0.1, 0.15) is 0 Å². The number of para-hydroxylation sites is 1. The van der Waals surface area contributed by atoms with E-state index >= 15 is 0 Å². The van der Waals surface area contributed by atoms with Gasteiger partial charge in [0.05, 0.1) is 11.9 Å². The molecule has 0 spiro atoms. The van der Waals surface area contributed by atoms with E-state index in [2.05, 4.69) is 14.8 Å². The SMILES string of the molecule is CS(=O)(=O)Nc1ncn(-c2ccccc2)n1. The second kappa shape index (κ2) is 3.93. The highest BCUT2D eigenvalue weighted by atomic mass is 32.2. The Kier molecular flexibility index (Phi) is 2.61. The Morgan fingerprint density at radius 3 is 2.56 bits per heavy atom. The molecule has 1 N–H and O–H groups in total. The summed E-state index contributed by atoms with van der Waals surface area (Å²) in [5.41, 5.74) is 0.816. The van der Waals surface area contributed by atoms with Gasteiger partial charge in [0.1, 0.15) is 6.33 Å². The molecule has 2 rings (SSSR count). The molecule has 84 valence electrons. The molecule has 0 bridgehead atoms. The standard InChI is InChI=1S/C9H10N4O2S/c1-16(14,15)12-9-10-7-13(11-9)8-5-3-2-4-6-8/h2-7H,1H3,(H,11,12). The molecule has 0 aliphatic rings. The van der Waals surface area contributed by atoms with Crippen molar-refractivity contribution in [3.8, 4) is 5.69 Å². The fourth-order valence-electron chi connectivity index (χ4n) is 1.18. The Balaban J connectivity index is 2.27. The van der Waals surface area contributed by atoms with E-state index in [-0.39, 0.29) is 5.95 Å². The average molecular weight is 238 g/mol. The molecule has 0 amide bonds. The number of nitrogens with one attached hydrogen (secondary N) is 1. The Morgan fingerprint density at radius 2 is 1.94 bits per heavy atom. The van der Waals surface area contributed by atoms with E-state index in [1.165, 1.54) is 11.0 Å². The molecule has 1 aromatic heterocycles. The normalized spacial score (nSPS) is 11.3. The molecule has 0 aliphatic heterocycles. The number of rotatable bonds is 3. The van der Waals surface area contributed by atoms with E-state index in [4.69, 9.17) is 0 Å². The van der Waals surface area contributed by atoms with E-state index in [1.54, 1.807) is 0 Å². The monoisotopic (exact) mass is 238 g/mol. The summed E-state index contributed by atoms with van der Waals surface area (Å²) < 4.78 is 25.6. The van der Waals surface area contributed by atoms with Crippen LogP contribution >= 0.6 is 0 Å². The van der Waals surface area contributed by atoms with Crippen LogP contribution in [0.5, 0.6) is 0 Å². The van der Waals surface area contributed by atoms with Crippen molar-refractivity contribution in [1.29, 1.82) is 0 Å². The highest BCUT2D eigenvalue weighted by Crippen LogP contribution is 2.07. The molecule has 0 aliphatic carbocycles. The van der Waals surface area contributed by atoms with Crippen molar-refractivity contribution in [1.82, 2.24) is 14.8 Å². The molecule has 16 heavy (non-hydrogen) atoms. The molecular formula is C9H10N4O2S. The van der Waals surface area contributed by atoms with Crippen LogP contribution in [0.3, 0.4) is 0 Å². The molecule has 2 aromatic rings. The smallest absolute Gasteiger partial charge is 0.250 e. The van der Waals surface area contributed by atoms with Crippen molar-refractivity contribution in [3.63, 3.8) is 0 Å². The Morgan fingerprint density at radius 1 is 1.25 bits per heavy atom. The molecule has 0 unspecified atom stereocenters. The van der Waals surface area contributed by atoms with Gasteiger partial charge in [-0.15, -0.1) is 5.10 Å². The first-order valence-corrected chi connectivity index (χ1v) is 6.39. The summed E-state index contributed by atoms with van der Waals surface area (Å²) in [6.07, 6.45) is 2.50. The van der Waals surface area contributed by atoms with Gasteiger partial charge in [0.15, 0.2) is 0 Å². The third kappa shape index (κ3) is 2.57. The number of aromatic nitrogens is 3. The van der Waals surface area contributed by atoms with E-state index in [0.29, 0.717) is 0 Å². The summed E-state index contributed by atoms with van der Waals surface area (Å²) in [6.45, 7) is 0. The van der Waals surface area contributed by atoms with Gasteiger partial charge in [-0.05, 0) is 12.1 Å². The highest BCUT2D eigenvalue weighted by molar-refractivity contribution is 7.91. The van der Waals surface area contributed by atoms with Crippen molar-refractivity contribution >= 4 is 16.0 Å². The van der Waals surface area contributed by atoms with Crippen molar-refractivity contribution in [2.45, 2.75) is 0 Å². The number of hydrogen-bond donors (Lipinski definition) is 1. The lowest BCUT2D eigenvalue weighted by molar-refractivity contribution is 0.606. The molecule has 1 aromatic carbocycles. The largest absolute Gasteiger partial charge is 0.256 e. The molecule has 0 saturated carbocycles. The molecule has 1 heterocycles. The maximum atomic E-state index is 10.9. The Hall–Kier alpha value is -1.89. The summed E-state index contributed by atoms with van der Waals surface area (Å²) in [5, 5.41) is 3.98. The van der Waals surface area contributed by atoms with Crippen LogP contribution in [-0.4, -0.2) is 29.4 Å². The molecule has 7 heteroatoms. The number of sulfonamides is 1. The van der Waals surface area contributed by atoms with Crippen LogP contribution in [0.15, 0.2) is 36.7 Å². The third-order valence-corrected chi connectivity index (χ3v) is 2.34. The van der Waals surface area contributed by atoms with Gasteiger partial charge >= 0.3 is 0 Å². The highest BCUT2D eigenvalue weighted by Gasteiger charge is 2.06. The molecular weight excluding hydrogens is 228 g/mol. The fourth-order valence-corrected chi connectivity index (χ4v) is 1.61. The predicted octanol–water partition coefficient (Wildman–Crippen LogP) is 0.639. The molecule has 6 nitrogen and oxygen atoms in total. The third-order valence-electron chi connectivity index (χ3n) is 1.79. The summed E-state index contributed by atoms with van der Waals surface area (Å²) in [6, 6.07) is 9.30. The molecule has 0 radical (unpaired) electrons. The van der Waals surface area contributed by atoms with Crippen molar-refractivity contribution in [2.75, 3.05) is 11.0 Å². The van der Waals surface area contributed by atoms with E-state index in [1.807, 2.05) is 30.3 Å². The minimum absolute atomic E-state index is 0.0614. The maximum absolute atomic E-state index is 10.9. The van der Waals surface area contributed by atoms with Gasteiger partial charge in [0.2, 0.25) is 10.0 Å². The van der Waals surface area contributed by atoms with Gasteiger partial charge in [-0.3, -0.25) is 4.72 Å². The zero-order chi connectivity index (χ0) is 11.6. The van der Waals surface area contributed by atoms with Crippen molar-refractivity contribution in [3.05, 3.63) is 36.7 Å². The zero-order valence-corrected chi connectivity index (χ0v) is 9.35. The number of anilines is 1. The van der Waals surface area contributed by atoms with Gasteiger partial charge in [-0.1, -0.05) is 18.2 Å². The second-order valence-electron chi connectivity index (χ2n) is 3.22. The minimum atomic E-state index is -3.33. The summed E-state index contributed by atoms with van der Waals surface area (Å²) in [4.78, 5) is 3.84. The van der Waals surface area contributed by atoms with Gasteiger partial charge in [-0.2, -0.15) is 4.98 Å². The van der Waals surface area contributed by atoms with Crippen LogP contribution < -0.4 is 4.72 Å². The Labute approximate surface area is 93.0 Å². The summed E-state index contributed by atoms with van der Waals surface area (Å²) in [5.74, 6) is 0.0614. The quantitative estimate of drug-likeness (QED) is 0.851. The average Bonchev–Trinajstić information content (AvgIpc) is 2.65. The van der Waals surface area contributed by atoms with Crippen LogP contribution in [0, 0.1) is 0 Å². The predicted molar refractivity (Wildman–Crippen MR) is 59.8 cm³/mol. The van der Waals surface area contributed by atoms with Gasteiger partial charge in [0.25, 0.3) is 5.95 Å². The van der Waals surface area contributed by atoms with Crippen molar-refractivity contribution in [2.24, 2.45) is 0 Å². The lowest BCUT2D eigenvalue weighted by Gasteiger charge is -1.98. The van der Waals surface area contributed by atoms with Gasteiger partial charge in [0, 0.05) is 0 Å². The molecule has 0 saturated heterocycles. The molecule has 0 fully saturated rings. The first kappa shape index (κ1) is 10.6.